The third kappa shape index (κ3) is 6.71. The Balaban J connectivity index is 0.00000280. The van der Waals surface area contributed by atoms with Crippen LogP contribution < -0.4 is 14.8 Å². The van der Waals surface area contributed by atoms with Gasteiger partial charge in [-0.1, -0.05) is 30.3 Å². The number of hydrogen-bond acceptors (Lipinski definition) is 5. The van der Waals surface area contributed by atoms with Gasteiger partial charge in [-0.15, -0.1) is 12.4 Å². The van der Waals surface area contributed by atoms with E-state index in [1.807, 2.05) is 54.6 Å². The summed E-state index contributed by atoms with van der Waals surface area (Å²) in [6, 6.07) is 17.3. The Morgan fingerprint density at radius 2 is 1.79 bits per heavy atom. The van der Waals surface area contributed by atoms with E-state index in [-0.39, 0.29) is 24.4 Å². The maximum Gasteiger partial charge on any atom is 0.241 e. The van der Waals surface area contributed by atoms with E-state index in [0.717, 1.165) is 17.1 Å². The number of carbonyl (C=O) groups is 1. The third-order valence-electron chi connectivity index (χ3n) is 4.36. The summed E-state index contributed by atoms with van der Waals surface area (Å²) < 4.78 is 16.8. The average Bonchev–Trinajstić information content (AvgIpc) is 2.74. The first-order valence-electron chi connectivity index (χ1n) is 9.18. The van der Waals surface area contributed by atoms with Gasteiger partial charge in [-0.3, -0.25) is 4.79 Å². The molecule has 1 aliphatic heterocycles. The highest BCUT2D eigenvalue weighted by atomic mass is 35.5. The topological polar surface area (TPSA) is 60.0 Å². The van der Waals surface area contributed by atoms with E-state index in [1.165, 1.54) is 0 Å². The molecule has 7 heteroatoms. The molecule has 1 unspecified atom stereocenters. The summed E-state index contributed by atoms with van der Waals surface area (Å²) in [4.78, 5) is 14.0. The van der Waals surface area contributed by atoms with Crippen LogP contribution in [0, 0.1) is 0 Å². The van der Waals surface area contributed by atoms with Crippen LogP contribution in [0.5, 0.6) is 11.5 Å². The van der Waals surface area contributed by atoms with Crippen molar-refractivity contribution < 1.29 is 19.0 Å². The second kappa shape index (κ2) is 11.5. The highest BCUT2D eigenvalue weighted by molar-refractivity contribution is 5.85. The summed E-state index contributed by atoms with van der Waals surface area (Å²) in [6.45, 7) is 3.27. The molecule has 0 bridgehead atoms. The summed E-state index contributed by atoms with van der Waals surface area (Å²) in [5, 5.41) is 3.17. The van der Waals surface area contributed by atoms with Crippen LogP contribution in [0.15, 0.2) is 54.6 Å². The lowest BCUT2D eigenvalue weighted by Gasteiger charge is -2.27. The van der Waals surface area contributed by atoms with E-state index in [2.05, 4.69) is 5.32 Å². The van der Waals surface area contributed by atoms with Crippen LogP contribution in [-0.2, 0) is 16.1 Å². The molecule has 1 atom stereocenters. The predicted octanol–water partition coefficient (Wildman–Crippen LogP) is 2.51. The molecule has 0 saturated carbocycles. The van der Waals surface area contributed by atoms with Crippen LogP contribution in [0.4, 0.5) is 0 Å². The van der Waals surface area contributed by atoms with Crippen LogP contribution in [0.3, 0.4) is 0 Å². The number of likely N-dealkylation sites (N-methyl/N-ethyl adjacent to an activating group) is 1. The molecule has 0 aromatic heterocycles. The van der Waals surface area contributed by atoms with Gasteiger partial charge in [0.15, 0.2) is 0 Å². The van der Waals surface area contributed by atoms with Crippen molar-refractivity contribution >= 4 is 18.3 Å². The Kier molecular flexibility index (Phi) is 9.07. The predicted molar refractivity (Wildman–Crippen MR) is 110 cm³/mol. The number of nitrogens with one attached hydrogen (secondary N) is 1. The van der Waals surface area contributed by atoms with Gasteiger partial charge in [0.2, 0.25) is 5.91 Å². The van der Waals surface area contributed by atoms with Crippen LogP contribution >= 0.6 is 12.4 Å². The SMILES string of the molecule is CN(CCOc1ccc(OCc2ccccc2)cc1)C(=O)C1COCCN1.Cl. The first-order chi connectivity index (χ1) is 13.2. The second-order valence-corrected chi connectivity index (χ2v) is 6.44. The van der Waals surface area contributed by atoms with Gasteiger partial charge in [0.1, 0.15) is 30.8 Å². The number of morpholine rings is 1. The zero-order valence-corrected chi connectivity index (χ0v) is 16.8. The zero-order valence-electron chi connectivity index (χ0n) is 16.0. The molecule has 1 heterocycles. The zero-order chi connectivity index (χ0) is 18.9. The quantitative estimate of drug-likeness (QED) is 0.730. The molecular weight excluding hydrogens is 380 g/mol. The maximum atomic E-state index is 12.3. The number of carbonyl (C=O) groups excluding carboxylic acids is 1. The molecule has 0 radical (unpaired) electrons. The molecule has 1 saturated heterocycles. The second-order valence-electron chi connectivity index (χ2n) is 6.44. The number of ether oxygens (including phenoxy) is 3. The fourth-order valence-corrected chi connectivity index (χ4v) is 2.77. The summed E-state index contributed by atoms with van der Waals surface area (Å²) in [5.41, 5.74) is 1.13. The van der Waals surface area contributed by atoms with Gasteiger partial charge in [-0.05, 0) is 29.8 Å². The highest BCUT2D eigenvalue weighted by Gasteiger charge is 2.23. The number of nitrogens with zero attached hydrogens (tertiary/aromatic N) is 1. The van der Waals surface area contributed by atoms with Crippen molar-refractivity contribution in [3.63, 3.8) is 0 Å². The normalized spacial score (nSPS) is 16.0. The summed E-state index contributed by atoms with van der Waals surface area (Å²) >= 11 is 0. The Hall–Kier alpha value is -2.28. The smallest absolute Gasteiger partial charge is 0.241 e. The Morgan fingerprint density at radius 1 is 1.11 bits per heavy atom. The fourth-order valence-electron chi connectivity index (χ4n) is 2.77. The molecule has 152 valence electrons. The van der Waals surface area contributed by atoms with Crippen LogP contribution in [0.1, 0.15) is 5.56 Å². The van der Waals surface area contributed by atoms with Gasteiger partial charge in [0, 0.05) is 13.6 Å². The lowest BCUT2D eigenvalue weighted by Crippen LogP contribution is -2.52. The van der Waals surface area contributed by atoms with Gasteiger partial charge >= 0.3 is 0 Å². The largest absolute Gasteiger partial charge is 0.492 e. The van der Waals surface area contributed by atoms with Crippen LogP contribution in [0.2, 0.25) is 0 Å². The fraction of sp³-hybridized carbons (Fsp3) is 0.381. The number of hydrogen-bond donors (Lipinski definition) is 1. The third-order valence-corrected chi connectivity index (χ3v) is 4.36. The number of benzene rings is 2. The molecule has 1 N–H and O–H groups in total. The van der Waals surface area contributed by atoms with Crippen molar-refractivity contribution in [3.05, 3.63) is 60.2 Å². The molecule has 1 amide bonds. The monoisotopic (exact) mass is 406 g/mol. The van der Waals surface area contributed by atoms with Crippen molar-refractivity contribution in [1.82, 2.24) is 10.2 Å². The maximum absolute atomic E-state index is 12.3. The summed E-state index contributed by atoms with van der Waals surface area (Å²) in [6.07, 6.45) is 0. The summed E-state index contributed by atoms with van der Waals surface area (Å²) in [7, 11) is 1.78. The van der Waals surface area contributed by atoms with Crippen molar-refractivity contribution in [2.45, 2.75) is 12.6 Å². The van der Waals surface area contributed by atoms with Gasteiger partial charge in [0.25, 0.3) is 0 Å². The van der Waals surface area contributed by atoms with Crippen molar-refractivity contribution in [2.75, 3.05) is 40.0 Å². The van der Waals surface area contributed by atoms with E-state index in [1.54, 1.807) is 11.9 Å². The van der Waals surface area contributed by atoms with E-state index >= 15 is 0 Å². The van der Waals surface area contributed by atoms with Crippen molar-refractivity contribution in [2.24, 2.45) is 0 Å². The molecule has 6 nitrogen and oxygen atoms in total. The molecule has 1 fully saturated rings. The number of rotatable bonds is 8. The molecule has 0 aliphatic carbocycles. The molecule has 0 spiro atoms. The molecular formula is C21H27ClN2O4. The lowest BCUT2D eigenvalue weighted by molar-refractivity contribution is -0.135. The van der Waals surface area contributed by atoms with Gasteiger partial charge in [-0.2, -0.15) is 0 Å². The van der Waals surface area contributed by atoms with E-state index in [0.29, 0.717) is 39.5 Å². The van der Waals surface area contributed by atoms with Crippen molar-refractivity contribution in [1.29, 1.82) is 0 Å². The minimum Gasteiger partial charge on any atom is -0.492 e. The van der Waals surface area contributed by atoms with Gasteiger partial charge in [-0.25, -0.2) is 0 Å². The van der Waals surface area contributed by atoms with Crippen LogP contribution in [0.25, 0.3) is 0 Å². The van der Waals surface area contributed by atoms with Gasteiger partial charge in [0.05, 0.1) is 19.8 Å². The van der Waals surface area contributed by atoms with Gasteiger partial charge < -0.3 is 24.4 Å². The highest BCUT2D eigenvalue weighted by Crippen LogP contribution is 2.18. The van der Waals surface area contributed by atoms with E-state index < -0.39 is 0 Å². The average molecular weight is 407 g/mol. The standard InChI is InChI=1S/C21H26N2O4.ClH/c1-23(21(24)20-16-25-13-11-22-20)12-14-26-18-7-9-19(10-8-18)27-15-17-5-3-2-4-6-17;/h2-10,20,22H,11-16H2,1H3;1H. The minimum absolute atomic E-state index is 0. The molecule has 2 aromatic rings. The first-order valence-corrected chi connectivity index (χ1v) is 9.18. The molecule has 1 aliphatic rings. The number of halogens is 1. The molecule has 2 aromatic carbocycles. The first kappa shape index (κ1) is 22.0. The Labute approximate surface area is 172 Å². The Morgan fingerprint density at radius 3 is 2.43 bits per heavy atom. The molecule has 3 rings (SSSR count). The van der Waals surface area contributed by atoms with E-state index in [4.69, 9.17) is 14.2 Å². The lowest BCUT2D eigenvalue weighted by atomic mass is 10.2. The van der Waals surface area contributed by atoms with E-state index in [9.17, 15) is 4.79 Å². The van der Waals surface area contributed by atoms with Crippen LogP contribution in [-0.4, -0.2) is 56.8 Å². The summed E-state index contributed by atoms with van der Waals surface area (Å²) in [5.74, 6) is 1.58. The Bertz CT molecular complexity index is 706. The minimum atomic E-state index is -0.259. The molecule has 28 heavy (non-hydrogen) atoms. The number of amides is 1. The van der Waals surface area contributed by atoms with Crippen molar-refractivity contribution in [3.8, 4) is 11.5 Å².